The lowest BCUT2D eigenvalue weighted by Crippen LogP contribution is -2.44. The quantitative estimate of drug-likeness (QED) is 0.921. The molecule has 4 nitrogen and oxygen atoms in total. The Morgan fingerprint density at radius 1 is 1.45 bits per heavy atom. The van der Waals surface area contributed by atoms with Gasteiger partial charge in [-0.15, -0.1) is 0 Å². The number of rotatable bonds is 3. The molecule has 0 radical (unpaired) electrons. The van der Waals surface area contributed by atoms with Crippen LogP contribution >= 0.6 is 0 Å². The topological polar surface area (TPSA) is 55.6 Å². The van der Waals surface area contributed by atoms with E-state index in [1.165, 1.54) is 19.2 Å². The van der Waals surface area contributed by atoms with Crippen LogP contribution in [0.25, 0.3) is 0 Å². The van der Waals surface area contributed by atoms with Crippen molar-refractivity contribution in [2.45, 2.75) is 19.8 Å². The molecule has 1 fully saturated rings. The van der Waals surface area contributed by atoms with Crippen LogP contribution in [-0.4, -0.2) is 37.6 Å². The summed E-state index contributed by atoms with van der Waals surface area (Å²) in [5.41, 5.74) is 6.23. The molecule has 1 amide bonds. The Kier molecular flexibility index (Phi) is 4.28. The van der Waals surface area contributed by atoms with E-state index in [1.54, 1.807) is 11.0 Å². The van der Waals surface area contributed by atoms with Gasteiger partial charge in [0.1, 0.15) is 0 Å². The standard InChI is InChI=1S/C15H21FN2O2/c1-15(10-17)5-7-18(8-6-15)14(19)11-3-4-13(20-2)12(16)9-11/h3-4,9H,5-8,10,17H2,1-2H3. The van der Waals surface area contributed by atoms with Gasteiger partial charge in [0, 0.05) is 18.7 Å². The van der Waals surface area contributed by atoms with Gasteiger partial charge in [0.05, 0.1) is 7.11 Å². The molecule has 2 N–H and O–H groups in total. The number of amides is 1. The number of nitrogens with zero attached hydrogens (tertiary/aromatic N) is 1. The average Bonchev–Trinajstić information content (AvgIpc) is 2.47. The fourth-order valence-corrected chi connectivity index (χ4v) is 2.44. The van der Waals surface area contributed by atoms with E-state index in [2.05, 4.69) is 6.92 Å². The molecule has 20 heavy (non-hydrogen) atoms. The van der Waals surface area contributed by atoms with Gasteiger partial charge in [-0.2, -0.15) is 0 Å². The summed E-state index contributed by atoms with van der Waals surface area (Å²) in [7, 11) is 1.40. The minimum absolute atomic E-state index is 0.113. The maximum Gasteiger partial charge on any atom is 0.253 e. The summed E-state index contributed by atoms with van der Waals surface area (Å²) in [5.74, 6) is -0.497. The fraction of sp³-hybridized carbons (Fsp3) is 0.533. The van der Waals surface area contributed by atoms with Gasteiger partial charge < -0.3 is 15.4 Å². The smallest absolute Gasteiger partial charge is 0.253 e. The van der Waals surface area contributed by atoms with Crippen LogP contribution in [0.15, 0.2) is 18.2 Å². The summed E-state index contributed by atoms with van der Waals surface area (Å²) in [5, 5.41) is 0. The van der Waals surface area contributed by atoms with Gasteiger partial charge in [0.25, 0.3) is 5.91 Å². The number of hydrogen-bond donors (Lipinski definition) is 1. The summed E-state index contributed by atoms with van der Waals surface area (Å²) >= 11 is 0. The molecule has 0 unspecified atom stereocenters. The monoisotopic (exact) mass is 280 g/mol. The lowest BCUT2D eigenvalue weighted by Gasteiger charge is -2.38. The molecule has 0 aliphatic carbocycles. The van der Waals surface area contributed by atoms with Gasteiger partial charge in [-0.25, -0.2) is 4.39 Å². The molecule has 2 rings (SSSR count). The zero-order valence-corrected chi connectivity index (χ0v) is 12.0. The number of methoxy groups -OCH3 is 1. The van der Waals surface area contributed by atoms with E-state index in [4.69, 9.17) is 10.5 Å². The number of piperidine rings is 1. The average molecular weight is 280 g/mol. The summed E-state index contributed by atoms with van der Waals surface area (Å²) in [6, 6.07) is 4.31. The summed E-state index contributed by atoms with van der Waals surface area (Å²) in [6.45, 7) is 4.11. The molecule has 1 aromatic carbocycles. The Labute approximate surface area is 118 Å². The van der Waals surface area contributed by atoms with Crippen LogP contribution in [0.2, 0.25) is 0 Å². The van der Waals surface area contributed by atoms with Crippen molar-refractivity contribution in [1.29, 1.82) is 0 Å². The van der Waals surface area contributed by atoms with Crippen molar-refractivity contribution < 1.29 is 13.9 Å². The molecule has 1 aromatic rings. The van der Waals surface area contributed by atoms with E-state index in [1.807, 2.05) is 0 Å². The number of halogens is 1. The third kappa shape index (κ3) is 2.93. The molecule has 110 valence electrons. The molecule has 0 atom stereocenters. The molecule has 0 bridgehead atoms. The summed E-state index contributed by atoms with van der Waals surface area (Å²) < 4.78 is 18.5. The normalized spacial score (nSPS) is 17.9. The number of benzene rings is 1. The molecule has 0 aromatic heterocycles. The number of carbonyl (C=O) groups excluding carboxylic acids is 1. The predicted molar refractivity (Wildman–Crippen MR) is 75.3 cm³/mol. The van der Waals surface area contributed by atoms with Gasteiger partial charge in [-0.05, 0) is 43.0 Å². The Morgan fingerprint density at radius 2 is 2.10 bits per heavy atom. The number of nitrogens with two attached hydrogens (primary N) is 1. The molecule has 1 saturated heterocycles. The second-order valence-electron chi connectivity index (χ2n) is 5.66. The van der Waals surface area contributed by atoms with Crippen molar-refractivity contribution in [3.05, 3.63) is 29.6 Å². The molecule has 5 heteroatoms. The van der Waals surface area contributed by atoms with E-state index in [-0.39, 0.29) is 17.1 Å². The Bertz CT molecular complexity index is 497. The highest BCUT2D eigenvalue weighted by atomic mass is 19.1. The second-order valence-corrected chi connectivity index (χ2v) is 5.66. The number of carbonyl (C=O) groups is 1. The molecule has 0 saturated carbocycles. The van der Waals surface area contributed by atoms with Crippen LogP contribution in [0.5, 0.6) is 5.75 Å². The lowest BCUT2D eigenvalue weighted by molar-refractivity contribution is 0.0617. The predicted octanol–water partition coefficient (Wildman–Crippen LogP) is 2.04. The fourth-order valence-electron chi connectivity index (χ4n) is 2.44. The van der Waals surface area contributed by atoms with E-state index in [0.717, 1.165) is 12.8 Å². The Balaban J connectivity index is 2.07. The minimum atomic E-state index is -0.512. The third-order valence-electron chi connectivity index (χ3n) is 4.15. The summed E-state index contributed by atoms with van der Waals surface area (Å²) in [4.78, 5) is 14.1. The van der Waals surface area contributed by atoms with Gasteiger partial charge >= 0.3 is 0 Å². The van der Waals surface area contributed by atoms with Crippen LogP contribution in [0.1, 0.15) is 30.1 Å². The van der Waals surface area contributed by atoms with Crippen molar-refractivity contribution >= 4 is 5.91 Å². The lowest BCUT2D eigenvalue weighted by atomic mass is 9.80. The first-order valence-corrected chi connectivity index (χ1v) is 6.82. The van der Waals surface area contributed by atoms with Gasteiger partial charge in [0.2, 0.25) is 0 Å². The molecule has 0 spiro atoms. The first-order chi connectivity index (χ1) is 9.49. The van der Waals surface area contributed by atoms with Crippen molar-refractivity contribution in [3.63, 3.8) is 0 Å². The molecular weight excluding hydrogens is 259 g/mol. The van der Waals surface area contributed by atoms with Crippen molar-refractivity contribution in [2.75, 3.05) is 26.7 Å². The molecule has 1 heterocycles. The van der Waals surface area contributed by atoms with Crippen LogP contribution < -0.4 is 10.5 Å². The van der Waals surface area contributed by atoms with Crippen molar-refractivity contribution in [1.82, 2.24) is 4.90 Å². The van der Waals surface area contributed by atoms with Gasteiger partial charge in [-0.3, -0.25) is 4.79 Å². The molecule has 1 aliphatic rings. The largest absolute Gasteiger partial charge is 0.494 e. The van der Waals surface area contributed by atoms with E-state index in [9.17, 15) is 9.18 Å². The van der Waals surface area contributed by atoms with Crippen LogP contribution in [0.4, 0.5) is 4.39 Å². The SMILES string of the molecule is COc1ccc(C(=O)N2CCC(C)(CN)CC2)cc1F. The maximum atomic E-state index is 13.6. The first-order valence-electron chi connectivity index (χ1n) is 6.82. The van der Waals surface area contributed by atoms with Crippen molar-refractivity contribution in [2.24, 2.45) is 11.1 Å². The minimum Gasteiger partial charge on any atom is -0.494 e. The molecule has 1 aliphatic heterocycles. The van der Waals surface area contributed by atoms with Crippen molar-refractivity contribution in [3.8, 4) is 5.75 Å². The first kappa shape index (κ1) is 14.8. The highest BCUT2D eigenvalue weighted by Crippen LogP contribution is 2.30. The number of hydrogen-bond acceptors (Lipinski definition) is 3. The van der Waals surface area contributed by atoms with Crippen LogP contribution in [-0.2, 0) is 0 Å². The van der Waals surface area contributed by atoms with E-state index >= 15 is 0 Å². The molecular formula is C15H21FN2O2. The van der Waals surface area contributed by atoms with E-state index in [0.29, 0.717) is 25.2 Å². The second kappa shape index (κ2) is 5.79. The van der Waals surface area contributed by atoms with Crippen LogP contribution in [0.3, 0.4) is 0 Å². The van der Waals surface area contributed by atoms with Crippen LogP contribution in [0, 0.1) is 11.2 Å². The zero-order valence-electron chi connectivity index (χ0n) is 12.0. The number of ether oxygens (including phenoxy) is 1. The highest BCUT2D eigenvalue weighted by Gasteiger charge is 2.31. The third-order valence-corrected chi connectivity index (χ3v) is 4.15. The zero-order chi connectivity index (χ0) is 14.8. The number of likely N-dealkylation sites (tertiary alicyclic amines) is 1. The highest BCUT2D eigenvalue weighted by molar-refractivity contribution is 5.94. The summed E-state index contributed by atoms with van der Waals surface area (Å²) in [6.07, 6.45) is 1.77. The Morgan fingerprint density at radius 3 is 2.60 bits per heavy atom. The maximum absolute atomic E-state index is 13.6. The van der Waals surface area contributed by atoms with E-state index < -0.39 is 5.82 Å². The Hall–Kier alpha value is -1.62. The van der Waals surface area contributed by atoms with Gasteiger partial charge in [0.15, 0.2) is 11.6 Å². The van der Waals surface area contributed by atoms with Gasteiger partial charge in [-0.1, -0.05) is 6.92 Å².